The fraction of sp³-hybridized carbons (Fsp3) is 0.375. The quantitative estimate of drug-likeness (QED) is 0.723. The molecule has 4 rings (SSSR count). The van der Waals surface area contributed by atoms with Crippen LogP contribution in [-0.4, -0.2) is 35.6 Å². The van der Waals surface area contributed by atoms with Crippen molar-refractivity contribution in [2.24, 2.45) is 5.92 Å². The van der Waals surface area contributed by atoms with E-state index in [9.17, 15) is 4.79 Å². The SMILES string of the molecule is O=C(O)CCC1CCN(CCC=C2c3ccccc3CSc3ccccc32)C1. The summed E-state index contributed by atoms with van der Waals surface area (Å²) < 4.78 is 0. The van der Waals surface area contributed by atoms with Gasteiger partial charge in [-0.1, -0.05) is 48.5 Å². The van der Waals surface area contributed by atoms with Crippen LogP contribution in [0.4, 0.5) is 0 Å². The van der Waals surface area contributed by atoms with Gasteiger partial charge in [0.15, 0.2) is 0 Å². The molecule has 1 fully saturated rings. The van der Waals surface area contributed by atoms with E-state index in [-0.39, 0.29) is 0 Å². The molecule has 3 nitrogen and oxygen atoms in total. The van der Waals surface area contributed by atoms with Gasteiger partial charge in [-0.2, -0.15) is 0 Å². The Bertz CT molecular complexity index is 827. The molecule has 2 aromatic rings. The normalized spacial score (nSPS) is 20.6. The van der Waals surface area contributed by atoms with Crippen LogP contribution >= 0.6 is 11.8 Å². The first-order valence-electron chi connectivity index (χ1n) is 10.2. The van der Waals surface area contributed by atoms with E-state index in [0.29, 0.717) is 12.3 Å². The Balaban J connectivity index is 1.47. The Morgan fingerprint density at radius 3 is 2.79 bits per heavy atom. The van der Waals surface area contributed by atoms with Crippen LogP contribution < -0.4 is 0 Å². The molecule has 0 aromatic heterocycles. The van der Waals surface area contributed by atoms with Gasteiger partial charge >= 0.3 is 5.97 Å². The van der Waals surface area contributed by atoms with Crippen LogP contribution in [0.1, 0.15) is 42.4 Å². The monoisotopic (exact) mass is 393 g/mol. The lowest BCUT2D eigenvalue weighted by atomic mass is 9.93. The fourth-order valence-corrected chi connectivity index (χ4v) is 5.39. The van der Waals surface area contributed by atoms with E-state index in [0.717, 1.165) is 44.6 Å². The standard InChI is InChI=1S/C24H27NO2S/c26-24(27)12-11-18-13-15-25(16-18)14-5-9-21-20-7-2-1-6-19(20)17-28-23-10-4-3-8-22(21)23/h1-4,6-10,18H,5,11-17H2,(H,26,27). The summed E-state index contributed by atoms with van der Waals surface area (Å²) in [7, 11) is 0. The second kappa shape index (κ2) is 8.97. The summed E-state index contributed by atoms with van der Waals surface area (Å²) in [5.74, 6) is 0.883. The van der Waals surface area contributed by atoms with E-state index < -0.39 is 5.97 Å². The zero-order valence-corrected chi connectivity index (χ0v) is 17.0. The highest BCUT2D eigenvalue weighted by atomic mass is 32.2. The van der Waals surface area contributed by atoms with Crippen molar-refractivity contribution < 1.29 is 9.90 Å². The van der Waals surface area contributed by atoms with E-state index in [1.165, 1.54) is 27.2 Å². The molecule has 2 heterocycles. The molecule has 0 amide bonds. The third-order valence-corrected chi connectivity index (χ3v) is 6.92. The minimum absolute atomic E-state index is 0.299. The lowest BCUT2D eigenvalue weighted by Crippen LogP contribution is -2.21. The third kappa shape index (κ3) is 4.50. The van der Waals surface area contributed by atoms with Crippen molar-refractivity contribution in [1.82, 2.24) is 4.90 Å². The predicted molar refractivity (Wildman–Crippen MR) is 116 cm³/mol. The number of hydrogen-bond acceptors (Lipinski definition) is 3. The van der Waals surface area contributed by atoms with E-state index in [1.807, 2.05) is 11.8 Å². The molecule has 0 aliphatic carbocycles. The van der Waals surface area contributed by atoms with Crippen LogP contribution in [-0.2, 0) is 10.5 Å². The molecule has 2 aliphatic heterocycles. The zero-order valence-electron chi connectivity index (χ0n) is 16.1. The molecule has 1 unspecified atom stereocenters. The molecule has 0 radical (unpaired) electrons. The number of likely N-dealkylation sites (tertiary alicyclic amines) is 1. The van der Waals surface area contributed by atoms with Gasteiger partial charge in [-0.25, -0.2) is 0 Å². The molecule has 4 heteroatoms. The van der Waals surface area contributed by atoms with Crippen LogP contribution in [0.15, 0.2) is 59.5 Å². The number of fused-ring (bicyclic) bond motifs is 2. The highest BCUT2D eigenvalue weighted by Crippen LogP contribution is 2.40. The summed E-state index contributed by atoms with van der Waals surface area (Å²) in [6.45, 7) is 3.18. The molecule has 1 atom stereocenters. The van der Waals surface area contributed by atoms with Crippen molar-refractivity contribution in [2.75, 3.05) is 19.6 Å². The molecule has 0 bridgehead atoms. The highest BCUT2D eigenvalue weighted by molar-refractivity contribution is 7.98. The number of aliphatic carboxylic acids is 1. The number of thioether (sulfide) groups is 1. The maximum absolute atomic E-state index is 10.8. The minimum atomic E-state index is -0.674. The molecule has 1 saturated heterocycles. The van der Waals surface area contributed by atoms with E-state index >= 15 is 0 Å². The number of rotatable bonds is 6. The molecule has 0 spiro atoms. The summed E-state index contributed by atoms with van der Waals surface area (Å²) in [5.41, 5.74) is 5.47. The van der Waals surface area contributed by atoms with Crippen LogP contribution in [0.2, 0.25) is 0 Å². The van der Waals surface area contributed by atoms with Crippen molar-refractivity contribution in [3.63, 3.8) is 0 Å². The molecule has 28 heavy (non-hydrogen) atoms. The van der Waals surface area contributed by atoms with Gasteiger partial charge in [0.2, 0.25) is 0 Å². The Kier molecular flexibility index (Phi) is 6.18. The number of carboxylic acid groups (broad SMARTS) is 1. The Hall–Kier alpha value is -2.04. The largest absolute Gasteiger partial charge is 0.481 e. The smallest absolute Gasteiger partial charge is 0.303 e. The maximum Gasteiger partial charge on any atom is 0.303 e. The lowest BCUT2D eigenvalue weighted by molar-refractivity contribution is -0.137. The van der Waals surface area contributed by atoms with Gasteiger partial charge in [0, 0.05) is 30.2 Å². The first kappa shape index (κ1) is 19.3. The number of hydrogen-bond donors (Lipinski definition) is 1. The Labute approximate surface area is 171 Å². The first-order valence-corrected chi connectivity index (χ1v) is 11.1. The molecule has 2 aromatic carbocycles. The number of nitrogens with zero attached hydrogens (tertiary/aromatic N) is 1. The van der Waals surface area contributed by atoms with Gasteiger partial charge in [0.25, 0.3) is 0 Å². The van der Waals surface area contributed by atoms with Crippen LogP contribution in [0.5, 0.6) is 0 Å². The van der Waals surface area contributed by atoms with Crippen LogP contribution in [0.3, 0.4) is 0 Å². The lowest BCUT2D eigenvalue weighted by Gasteiger charge is -2.16. The first-order chi connectivity index (χ1) is 13.7. The van der Waals surface area contributed by atoms with Crippen LogP contribution in [0, 0.1) is 5.92 Å². The summed E-state index contributed by atoms with van der Waals surface area (Å²) in [6.07, 6.45) is 5.67. The number of carbonyl (C=O) groups is 1. The van der Waals surface area contributed by atoms with Gasteiger partial charge in [0.1, 0.15) is 0 Å². The molecule has 0 saturated carbocycles. The Morgan fingerprint density at radius 2 is 1.93 bits per heavy atom. The van der Waals surface area contributed by atoms with Crippen molar-refractivity contribution in [2.45, 2.75) is 36.3 Å². The topological polar surface area (TPSA) is 40.5 Å². The summed E-state index contributed by atoms with van der Waals surface area (Å²) in [4.78, 5) is 14.6. The van der Waals surface area contributed by atoms with Gasteiger partial charge in [-0.3, -0.25) is 4.79 Å². The average molecular weight is 394 g/mol. The minimum Gasteiger partial charge on any atom is -0.481 e. The summed E-state index contributed by atoms with van der Waals surface area (Å²) >= 11 is 1.92. The number of benzene rings is 2. The van der Waals surface area contributed by atoms with Gasteiger partial charge < -0.3 is 10.0 Å². The van der Waals surface area contributed by atoms with E-state index in [2.05, 4.69) is 59.5 Å². The highest BCUT2D eigenvalue weighted by Gasteiger charge is 2.23. The predicted octanol–water partition coefficient (Wildman–Crippen LogP) is 5.30. The van der Waals surface area contributed by atoms with E-state index in [4.69, 9.17) is 5.11 Å². The van der Waals surface area contributed by atoms with Crippen LogP contribution in [0.25, 0.3) is 5.57 Å². The third-order valence-electron chi connectivity index (χ3n) is 5.80. The van der Waals surface area contributed by atoms with Crippen molar-refractivity contribution in [1.29, 1.82) is 0 Å². The molecular weight excluding hydrogens is 366 g/mol. The van der Waals surface area contributed by atoms with Crippen molar-refractivity contribution >= 4 is 23.3 Å². The number of carboxylic acids is 1. The van der Waals surface area contributed by atoms with Crippen molar-refractivity contribution in [3.8, 4) is 0 Å². The molecular formula is C24H27NO2S. The molecule has 146 valence electrons. The average Bonchev–Trinajstić information content (AvgIpc) is 3.10. The maximum atomic E-state index is 10.8. The van der Waals surface area contributed by atoms with Gasteiger partial charge in [0.05, 0.1) is 0 Å². The molecule has 2 aliphatic rings. The summed E-state index contributed by atoms with van der Waals surface area (Å²) in [6, 6.07) is 17.5. The van der Waals surface area contributed by atoms with Gasteiger partial charge in [-0.15, -0.1) is 11.8 Å². The van der Waals surface area contributed by atoms with Crippen molar-refractivity contribution in [3.05, 3.63) is 71.3 Å². The van der Waals surface area contributed by atoms with Gasteiger partial charge in [-0.05, 0) is 60.1 Å². The zero-order chi connectivity index (χ0) is 19.3. The second-order valence-corrected chi connectivity index (χ2v) is 8.75. The second-order valence-electron chi connectivity index (χ2n) is 7.74. The van der Waals surface area contributed by atoms with E-state index in [1.54, 1.807) is 0 Å². The Morgan fingerprint density at radius 1 is 1.14 bits per heavy atom. The fourth-order valence-electron chi connectivity index (χ4n) is 4.32. The molecule has 1 N–H and O–H groups in total. The summed E-state index contributed by atoms with van der Waals surface area (Å²) in [5, 5.41) is 8.89.